The van der Waals surface area contributed by atoms with E-state index in [1.807, 2.05) is 49.4 Å². The molecule has 6 nitrogen and oxygen atoms in total. The summed E-state index contributed by atoms with van der Waals surface area (Å²) in [5, 5.41) is 0. The van der Waals surface area contributed by atoms with Crippen molar-refractivity contribution in [3.8, 4) is 5.75 Å². The number of rotatable bonds is 6. The first kappa shape index (κ1) is 16.5. The van der Waals surface area contributed by atoms with E-state index in [1.54, 1.807) is 7.11 Å². The van der Waals surface area contributed by atoms with E-state index in [-0.39, 0.29) is 12.3 Å². The van der Waals surface area contributed by atoms with Crippen molar-refractivity contribution in [3.63, 3.8) is 0 Å². The van der Waals surface area contributed by atoms with Gasteiger partial charge in [-0.15, -0.1) is 0 Å². The number of methoxy groups -OCH3 is 1. The van der Waals surface area contributed by atoms with Crippen molar-refractivity contribution in [1.82, 2.24) is 14.7 Å². The van der Waals surface area contributed by atoms with Crippen LogP contribution in [0.1, 0.15) is 17.0 Å². The summed E-state index contributed by atoms with van der Waals surface area (Å²) in [6.07, 6.45) is 0. The van der Waals surface area contributed by atoms with Gasteiger partial charge in [-0.1, -0.05) is 29.8 Å². The number of nitrogens with one attached hydrogen (secondary N) is 2. The molecule has 0 aliphatic heterocycles. The molecule has 0 amide bonds. The summed E-state index contributed by atoms with van der Waals surface area (Å²) < 4.78 is 32.1. The van der Waals surface area contributed by atoms with Crippen molar-refractivity contribution < 1.29 is 13.2 Å². The largest absolute Gasteiger partial charge is 0.497 e. The van der Waals surface area contributed by atoms with E-state index >= 15 is 0 Å². The maximum Gasteiger partial charge on any atom is 0.216 e. The topological polar surface area (TPSA) is 84.1 Å². The first-order valence-electron chi connectivity index (χ1n) is 7.51. The summed E-state index contributed by atoms with van der Waals surface area (Å²) in [6.45, 7) is 2.08. The molecule has 2 N–H and O–H groups in total. The van der Waals surface area contributed by atoms with Crippen LogP contribution in [0.15, 0.2) is 42.5 Å². The highest BCUT2D eigenvalue weighted by Crippen LogP contribution is 2.18. The van der Waals surface area contributed by atoms with Gasteiger partial charge in [-0.2, -0.15) is 0 Å². The molecule has 126 valence electrons. The number of sulfonamides is 1. The summed E-state index contributed by atoms with van der Waals surface area (Å²) in [4.78, 5) is 7.47. The Hall–Kier alpha value is -2.38. The smallest absolute Gasteiger partial charge is 0.216 e. The molecular weight excluding hydrogens is 326 g/mol. The Morgan fingerprint density at radius 3 is 2.62 bits per heavy atom. The minimum atomic E-state index is -3.43. The van der Waals surface area contributed by atoms with Gasteiger partial charge < -0.3 is 9.72 Å². The molecule has 3 aromatic rings. The van der Waals surface area contributed by atoms with E-state index in [2.05, 4.69) is 14.7 Å². The number of benzene rings is 2. The van der Waals surface area contributed by atoms with E-state index in [0.29, 0.717) is 5.82 Å². The van der Waals surface area contributed by atoms with Gasteiger partial charge in [0.15, 0.2) is 0 Å². The Labute approximate surface area is 140 Å². The average Bonchev–Trinajstić information content (AvgIpc) is 2.97. The summed E-state index contributed by atoms with van der Waals surface area (Å²) in [5.74, 6) is 1.23. The van der Waals surface area contributed by atoms with Gasteiger partial charge in [0.05, 0.1) is 30.4 Å². The fraction of sp³-hybridized carbons (Fsp3) is 0.235. The number of H-pyrrole nitrogens is 1. The highest BCUT2D eigenvalue weighted by molar-refractivity contribution is 7.88. The highest BCUT2D eigenvalue weighted by Gasteiger charge is 2.13. The average molecular weight is 345 g/mol. The van der Waals surface area contributed by atoms with Crippen LogP contribution in [0.5, 0.6) is 5.75 Å². The maximum atomic E-state index is 12.2. The van der Waals surface area contributed by atoms with Gasteiger partial charge in [-0.05, 0) is 24.6 Å². The van der Waals surface area contributed by atoms with Crippen LogP contribution >= 0.6 is 0 Å². The molecule has 0 saturated carbocycles. The molecule has 0 spiro atoms. The van der Waals surface area contributed by atoms with Crippen molar-refractivity contribution >= 4 is 21.1 Å². The van der Waals surface area contributed by atoms with Gasteiger partial charge in [0.2, 0.25) is 10.0 Å². The Kier molecular flexibility index (Phi) is 4.55. The van der Waals surface area contributed by atoms with E-state index < -0.39 is 10.0 Å². The number of ether oxygens (including phenoxy) is 1. The van der Waals surface area contributed by atoms with Gasteiger partial charge in [0.1, 0.15) is 11.6 Å². The molecule has 1 heterocycles. The Morgan fingerprint density at radius 2 is 1.92 bits per heavy atom. The van der Waals surface area contributed by atoms with Crippen LogP contribution in [0.4, 0.5) is 0 Å². The normalized spacial score (nSPS) is 11.8. The summed E-state index contributed by atoms with van der Waals surface area (Å²) in [6, 6.07) is 12.9. The molecule has 7 heteroatoms. The number of fused-ring (bicyclic) bond motifs is 1. The van der Waals surface area contributed by atoms with Crippen LogP contribution in [0.2, 0.25) is 0 Å². The van der Waals surface area contributed by atoms with Gasteiger partial charge in [-0.3, -0.25) is 0 Å². The highest BCUT2D eigenvalue weighted by atomic mass is 32.2. The second kappa shape index (κ2) is 6.62. The first-order chi connectivity index (χ1) is 11.4. The van der Waals surface area contributed by atoms with E-state index in [4.69, 9.17) is 4.74 Å². The third-order valence-electron chi connectivity index (χ3n) is 3.67. The molecule has 0 unspecified atom stereocenters. The predicted molar refractivity (Wildman–Crippen MR) is 93.3 cm³/mol. The molecule has 24 heavy (non-hydrogen) atoms. The lowest BCUT2D eigenvalue weighted by atomic mass is 10.2. The van der Waals surface area contributed by atoms with Crippen LogP contribution in [0, 0.1) is 6.92 Å². The molecule has 0 fully saturated rings. The molecule has 1 aromatic heterocycles. The maximum absolute atomic E-state index is 12.2. The zero-order valence-corrected chi connectivity index (χ0v) is 14.4. The Morgan fingerprint density at radius 1 is 1.17 bits per heavy atom. The zero-order chi connectivity index (χ0) is 17.2. The quantitative estimate of drug-likeness (QED) is 0.719. The minimum Gasteiger partial charge on any atom is -0.497 e. The van der Waals surface area contributed by atoms with Crippen molar-refractivity contribution in [1.29, 1.82) is 0 Å². The first-order valence-corrected chi connectivity index (χ1v) is 9.16. The molecule has 0 saturated heterocycles. The molecule has 0 bridgehead atoms. The van der Waals surface area contributed by atoms with Crippen molar-refractivity contribution in [2.24, 2.45) is 0 Å². The van der Waals surface area contributed by atoms with Crippen molar-refractivity contribution in [3.05, 3.63) is 59.4 Å². The number of aromatic nitrogens is 2. The summed E-state index contributed by atoms with van der Waals surface area (Å²) in [5.41, 5.74) is 3.43. The second-order valence-electron chi connectivity index (χ2n) is 5.63. The van der Waals surface area contributed by atoms with Crippen LogP contribution in [0.3, 0.4) is 0 Å². The van der Waals surface area contributed by atoms with Gasteiger partial charge in [0.25, 0.3) is 0 Å². The van der Waals surface area contributed by atoms with Crippen LogP contribution in [-0.4, -0.2) is 25.5 Å². The monoisotopic (exact) mass is 345 g/mol. The third-order valence-corrected chi connectivity index (χ3v) is 4.97. The molecule has 0 atom stereocenters. The standard InChI is InChI=1S/C17H19N3O3S/c1-12-3-5-13(6-4-12)11-24(21,22)18-10-17-19-15-8-7-14(23-2)9-16(15)20-17/h3-9,18H,10-11H2,1-2H3,(H,19,20). The number of hydrogen-bond donors (Lipinski definition) is 2. The molecule has 3 rings (SSSR count). The van der Waals surface area contributed by atoms with Crippen molar-refractivity contribution in [2.45, 2.75) is 19.2 Å². The van der Waals surface area contributed by atoms with Crippen LogP contribution in [0.25, 0.3) is 11.0 Å². The SMILES string of the molecule is COc1ccc2nc(CNS(=O)(=O)Cc3ccc(C)cc3)[nH]c2c1. The van der Waals surface area contributed by atoms with Crippen molar-refractivity contribution in [2.75, 3.05) is 7.11 Å². The molecule has 2 aromatic carbocycles. The van der Waals surface area contributed by atoms with Crippen LogP contribution in [-0.2, 0) is 22.3 Å². The fourth-order valence-corrected chi connectivity index (χ4v) is 3.48. The van der Waals surface area contributed by atoms with Gasteiger partial charge >= 0.3 is 0 Å². The zero-order valence-electron chi connectivity index (χ0n) is 13.5. The van der Waals surface area contributed by atoms with E-state index in [1.165, 1.54) is 0 Å². The minimum absolute atomic E-state index is 0.0542. The Bertz CT molecular complexity index is 947. The Balaban J connectivity index is 1.68. The molecule has 0 aliphatic carbocycles. The lowest BCUT2D eigenvalue weighted by Crippen LogP contribution is -2.25. The number of aryl methyl sites for hydroxylation is 1. The van der Waals surface area contributed by atoms with Gasteiger partial charge in [-0.25, -0.2) is 18.1 Å². The molecule has 0 radical (unpaired) electrons. The summed E-state index contributed by atoms with van der Waals surface area (Å²) in [7, 11) is -1.84. The molecule has 0 aliphatic rings. The predicted octanol–water partition coefficient (Wildman–Crippen LogP) is 2.50. The summed E-state index contributed by atoms with van der Waals surface area (Å²) >= 11 is 0. The van der Waals surface area contributed by atoms with E-state index in [9.17, 15) is 8.42 Å². The van der Waals surface area contributed by atoms with Crippen LogP contribution < -0.4 is 9.46 Å². The number of aromatic amines is 1. The number of hydrogen-bond acceptors (Lipinski definition) is 4. The van der Waals surface area contributed by atoms with E-state index in [0.717, 1.165) is 27.9 Å². The fourth-order valence-electron chi connectivity index (χ4n) is 2.39. The molecular formula is C17H19N3O3S. The number of imidazole rings is 1. The second-order valence-corrected chi connectivity index (χ2v) is 7.44. The lowest BCUT2D eigenvalue weighted by Gasteiger charge is -2.05. The van der Waals surface area contributed by atoms with Gasteiger partial charge in [0, 0.05) is 6.07 Å². The third kappa shape index (κ3) is 3.93. The number of nitrogens with zero attached hydrogens (tertiary/aromatic N) is 1. The lowest BCUT2D eigenvalue weighted by molar-refractivity contribution is 0.415.